The Morgan fingerprint density at radius 1 is 1.40 bits per heavy atom. The SMILES string of the molecule is CCNC(CCOc1cccc(CO)c1)C(=O)OCC. The van der Waals surface area contributed by atoms with E-state index >= 15 is 0 Å². The fourth-order valence-corrected chi connectivity index (χ4v) is 1.82. The number of aliphatic hydroxyl groups is 1. The Bertz CT molecular complexity index is 409. The highest BCUT2D eigenvalue weighted by Crippen LogP contribution is 2.13. The van der Waals surface area contributed by atoms with Crippen LogP contribution in [-0.4, -0.2) is 36.9 Å². The van der Waals surface area contributed by atoms with Crippen molar-refractivity contribution in [2.45, 2.75) is 32.9 Å². The molecule has 1 aromatic rings. The summed E-state index contributed by atoms with van der Waals surface area (Å²) in [7, 11) is 0. The molecular weight excluding hydrogens is 258 g/mol. The van der Waals surface area contributed by atoms with E-state index in [0.717, 1.165) is 5.56 Å². The monoisotopic (exact) mass is 281 g/mol. The number of carbonyl (C=O) groups is 1. The molecule has 1 rings (SSSR count). The number of hydrogen-bond acceptors (Lipinski definition) is 5. The average Bonchev–Trinajstić information content (AvgIpc) is 2.47. The average molecular weight is 281 g/mol. The molecular formula is C15H23NO4. The molecule has 0 fully saturated rings. The summed E-state index contributed by atoms with van der Waals surface area (Å²) in [6, 6.07) is 6.92. The standard InChI is InChI=1S/C15H23NO4/c1-3-16-14(15(18)19-4-2)8-9-20-13-7-5-6-12(10-13)11-17/h5-7,10,14,16-17H,3-4,8-9,11H2,1-2H3. The minimum Gasteiger partial charge on any atom is -0.494 e. The molecule has 5 heteroatoms. The van der Waals surface area contributed by atoms with Gasteiger partial charge in [0.15, 0.2) is 0 Å². The maximum Gasteiger partial charge on any atom is 0.323 e. The highest BCUT2D eigenvalue weighted by Gasteiger charge is 2.18. The predicted molar refractivity (Wildman–Crippen MR) is 76.6 cm³/mol. The number of benzene rings is 1. The minimum atomic E-state index is -0.346. The molecule has 1 aromatic carbocycles. The molecule has 0 spiro atoms. The zero-order valence-corrected chi connectivity index (χ0v) is 12.1. The van der Waals surface area contributed by atoms with Gasteiger partial charge in [0.2, 0.25) is 0 Å². The first-order chi connectivity index (χ1) is 9.71. The number of nitrogens with one attached hydrogen (secondary N) is 1. The Morgan fingerprint density at radius 3 is 2.85 bits per heavy atom. The molecule has 0 aliphatic heterocycles. The first-order valence-electron chi connectivity index (χ1n) is 6.93. The van der Waals surface area contributed by atoms with Gasteiger partial charge in [-0.2, -0.15) is 0 Å². The second-order valence-corrected chi connectivity index (χ2v) is 4.30. The third-order valence-corrected chi connectivity index (χ3v) is 2.78. The second kappa shape index (κ2) is 9.34. The number of hydrogen-bond donors (Lipinski definition) is 2. The Hall–Kier alpha value is -1.59. The van der Waals surface area contributed by atoms with Gasteiger partial charge in [-0.25, -0.2) is 0 Å². The van der Waals surface area contributed by atoms with Crippen molar-refractivity contribution in [3.63, 3.8) is 0 Å². The molecule has 0 amide bonds. The molecule has 0 heterocycles. The van der Waals surface area contributed by atoms with Crippen LogP contribution in [0.25, 0.3) is 0 Å². The van der Waals surface area contributed by atoms with Crippen LogP contribution in [0, 0.1) is 0 Å². The van der Waals surface area contributed by atoms with Crippen molar-refractivity contribution >= 4 is 5.97 Å². The number of likely N-dealkylation sites (N-methyl/N-ethyl adjacent to an activating group) is 1. The fraction of sp³-hybridized carbons (Fsp3) is 0.533. The normalized spacial score (nSPS) is 11.9. The van der Waals surface area contributed by atoms with Crippen LogP contribution in [0.4, 0.5) is 0 Å². The maximum absolute atomic E-state index is 11.7. The Morgan fingerprint density at radius 2 is 2.20 bits per heavy atom. The molecule has 0 radical (unpaired) electrons. The lowest BCUT2D eigenvalue weighted by Crippen LogP contribution is -2.39. The van der Waals surface area contributed by atoms with E-state index in [9.17, 15) is 4.79 Å². The van der Waals surface area contributed by atoms with Crippen molar-refractivity contribution < 1.29 is 19.4 Å². The smallest absolute Gasteiger partial charge is 0.323 e. The van der Waals surface area contributed by atoms with Gasteiger partial charge < -0.3 is 19.9 Å². The quantitative estimate of drug-likeness (QED) is 0.671. The van der Waals surface area contributed by atoms with Gasteiger partial charge in [0.05, 0.1) is 19.8 Å². The minimum absolute atomic E-state index is 0.0138. The van der Waals surface area contributed by atoms with E-state index in [2.05, 4.69) is 5.32 Å². The zero-order chi connectivity index (χ0) is 14.8. The van der Waals surface area contributed by atoms with Gasteiger partial charge in [0.1, 0.15) is 11.8 Å². The number of ether oxygens (including phenoxy) is 2. The number of rotatable bonds is 9. The van der Waals surface area contributed by atoms with Gasteiger partial charge in [0.25, 0.3) is 0 Å². The highest BCUT2D eigenvalue weighted by atomic mass is 16.5. The number of carbonyl (C=O) groups excluding carboxylic acids is 1. The molecule has 2 N–H and O–H groups in total. The van der Waals surface area contributed by atoms with Crippen LogP contribution >= 0.6 is 0 Å². The molecule has 0 aromatic heterocycles. The fourth-order valence-electron chi connectivity index (χ4n) is 1.82. The summed E-state index contributed by atoms with van der Waals surface area (Å²) in [4.78, 5) is 11.7. The van der Waals surface area contributed by atoms with Gasteiger partial charge in [-0.3, -0.25) is 4.79 Å². The Labute approximate surface area is 119 Å². The summed E-state index contributed by atoms with van der Waals surface area (Å²) in [6.45, 7) is 5.20. The van der Waals surface area contributed by atoms with Crippen LogP contribution in [0.3, 0.4) is 0 Å². The van der Waals surface area contributed by atoms with Crippen LogP contribution in [0.5, 0.6) is 5.75 Å². The molecule has 1 unspecified atom stereocenters. The van der Waals surface area contributed by atoms with Crippen molar-refractivity contribution in [3.05, 3.63) is 29.8 Å². The summed E-state index contributed by atoms with van der Waals surface area (Å²) in [5, 5.41) is 12.1. The summed E-state index contributed by atoms with van der Waals surface area (Å²) >= 11 is 0. The lowest BCUT2D eigenvalue weighted by molar-refractivity contribution is -0.146. The third-order valence-electron chi connectivity index (χ3n) is 2.78. The van der Waals surface area contributed by atoms with Crippen LogP contribution in [0.15, 0.2) is 24.3 Å². The van der Waals surface area contributed by atoms with Crippen LogP contribution in [-0.2, 0) is 16.1 Å². The molecule has 0 aliphatic carbocycles. The van der Waals surface area contributed by atoms with E-state index < -0.39 is 0 Å². The summed E-state index contributed by atoms with van der Waals surface area (Å²) in [6.07, 6.45) is 0.538. The summed E-state index contributed by atoms with van der Waals surface area (Å²) in [5.74, 6) is 0.442. The van der Waals surface area contributed by atoms with Crippen molar-refractivity contribution in [2.75, 3.05) is 19.8 Å². The van der Waals surface area contributed by atoms with Crippen molar-refractivity contribution in [1.82, 2.24) is 5.32 Å². The summed E-state index contributed by atoms with van der Waals surface area (Å²) in [5.41, 5.74) is 0.802. The van der Waals surface area contributed by atoms with E-state index in [4.69, 9.17) is 14.6 Å². The second-order valence-electron chi connectivity index (χ2n) is 4.30. The first kappa shape index (κ1) is 16.5. The predicted octanol–water partition coefficient (Wildman–Crippen LogP) is 1.49. The van der Waals surface area contributed by atoms with Gasteiger partial charge in [-0.05, 0) is 31.2 Å². The molecule has 1 atom stereocenters. The van der Waals surface area contributed by atoms with Gasteiger partial charge >= 0.3 is 5.97 Å². The maximum atomic E-state index is 11.7. The van der Waals surface area contributed by atoms with Crippen molar-refractivity contribution in [3.8, 4) is 5.75 Å². The lowest BCUT2D eigenvalue weighted by atomic mass is 10.2. The zero-order valence-electron chi connectivity index (χ0n) is 12.1. The van der Waals surface area contributed by atoms with Gasteiger partial charge in [0, 0.05) is 6.42 Å². The van der Waals surface area contributed by atoms with Crippen molar-refractivity contribution in [1.29, 1.82) is 0 Å². The topological polar surface area (TPSA) is 67.8 Å². The van der Waals surface area contributed by atoms with E-state index in [0.29, 0.717) is 31.9 Å². The Balaban J connectivity index is 2.44. The molecule has 5 nitrogen and oxygen atoms in total. The molecule has 0 aliphatic rings. The number of esters is 1. The molecule has 0 saturated heterocycles. The molecule has 0 bridgehead atoms. The molecule has 112 valence electrons. The molecule has 0 saturated carbocycles. The summed E-state index contributed by atoms with van der Waals surface area (Å²) < 4.78 is 10.6. The van der Waals surface area contributed by atoms with Crippen molar-refractivity contribution in [2.24, 2.45) is 0 Å². The first-order valence-corrected chi connectivity index (χ1v) is 6.93. The Kier molecular flexibility index (Phi) is 7.69. The van der Waals surface area contributed by atoms with E-state index in [1.54, 1.807) is 13.0 Å². The lowest BCUT2D eigenvalue weighted by Gasteiger charge is -2.16. The third kappa shape index (κ3) is 5.59. The van der Waals surface area contributed by atoms with Gasteiger partial charge in [-0.15, -0.1) is 0 Å². The van der Waals surface area contributed by atoms with E-state index in [1.807, 2.05) is 25.1 Å². The highest BCUT2D eigenvalue weighted by molar-refractivity contribution is 5.75. The van der Waals surface area contributed by atoms with Gasteiger partial charge in [-0.1, -0.05) is 19.1 Å². The van der Waals surface area contributed by atoms with Crippen LogP contribution in [0.1, 0.15) is 25.8 Å². The van der Waals surface area contributed by atoms with E-state index in [1.165, 1.54) is 0 Å². The number of aliphatic hydroxyl groups excluding tert-OH is 1. The van der Waals surface area contributed by atoms with Crippen LogP contribution in [0.2, 0.25) is 0 Å². The molecule has 20 heavy (non-hydrogen) atoms. The largest absolute Gasteiger partial charge is 0.494 e. The van der Waals surface area contributed by atoms with Crippen LogP contribution < -0.4 is 10.1 Å². The van der Waals surface area contributed by atoms with E-state index in [-0.39, 0.29) is 18.6 Å².